The number of amides is 1. The summed E-state index contributed by atoms with van der Waals surface area (Å²) < 4.78 is 1.39. The van der Waals surface area contributed by atoms with E-state index in [4.69, 9.17) is 23.2 Å². The molecule has 1 N–H and O–H groups in total. The van der Waals surface area contributed by atoms with Crippen molar-refractivity contribution in [3.8, 4) is 5.69 Å². The Hall–Kier alpha value is -2.12. The van der Waals surface area contributed by atoms with Gasteiger partial charge in [0.05, 0.1) is 10.0 Å². The number of hydrogen-bond donors (Lipinski definition) is 1. The summed E-state index contributed by atoms with van der Waals surface area (Å²) in [4.78, 5) is 29.3. The third-order valence-corrected chi connectivity index (χ3v) is 4.52. The summed E-state index contributed by atoms with van der Waals surface area (Å²) in [5, 5.41) is 14.2. The van der Waals surface area contributed by atoms with Gasteiger partial charge in [0.2, 0.25) is 5.82 Å². The SMILES string of the molecule is Cc1nc(C(=O)N2CCC[C@@H]2C(=O)O)nn1-c1c(Cl)cccc1Cl. The summed E-state index contributed by atoms with van der Waals surface area (Å²) >= 11 is 12.3. The van der Waals surface area contributed by atoms with Crippen LogP contribution in [0.4, 0.5) is 0 Å². The number of carboxylic acid groups (broad SMARTS) is 1. The number of carbonyl (C=O) groups excluding carboxylic acids is 1. The van der Waals surface area contributed by atoms with Gasteiger partial charge in [-0.1, -0.05) is 29.3 Å². The second-order valence-electron chi connectivity index (χ2n) is 5.46. The van der Waals surface area contributed by atoms with E-state index >= 15 is 0 Å². The van der Waals surface area contributed by atoms with Crippen LogP contribution in [0.5, 0.6) is 0 Å². The van der Waals surface area contributed by atoms with Crippen molar-refractivity contribution in [2.75, 3.05) is 6.54 Å². The van der Waals surface area contributed by atoms with E-state index in [1.807, 2.05) is 0 Å². The van der Waals surface area contributed by atoms with E-state index in [9.17, 15) is 14.7 Å². The number of likely N-dealkylation sites (tertiary alicyclic amines) is 1. The van der Waals surface area contributed by atoms with Gasteiger partial charge in [-0.15, -0.1) is 5.10 Å². The van der Waals surface area contributed by atoms with Crippen LogP contribution in [0, 0.1) is 6.92 Å². The van der Waals surface area contributed by atoms with Gasteiger partial charge in [-0.2, -0.15) is 0 Å². The van der Waals surface area contributed by atoms with Crippen LogP contribution in [0.3, 0.4) is 0 Å². The maximum Gasteiger partial charge on any atom is 0.326 e. The Kier molecular flexibility index (Phi) is 4.47. The minimum atomic E-state index is -1.02. The first-order chi connectivity index (χ1) is 11.4. The van der Waals surface area contributed by atoms with E-state index in [-0.39, 0.29) is 5.82 Å². The fourth-order valence-corrected chi connectivity index (χ4v) is 3.34. The molecule has 1 aliphatic rings. The maximum absolute atomic E-state index is 12.6. The molecule has 0 saturated carbocycles. The molecular formula is C15H14Cl2N4O3. The van der Waals surface area contributed by atoms with Gasteiger partial charge in [0, 0.05) is 6.54 Å². The first-order valence-corrected chi connectivity index (χ1v) is 8.07. The van der Waals surface area contributed by atoms with Gasteiger partial charge in [-0.3, -0.25) is 4.79 Å². The quantitative estimate of drug-likeness (QED) is 0.899. The zero-order valence-corrected chi connectivity index (χ0v) is 14.3. The Balaban J connectivity index is 1.97. The topological polar surface area (TPSA) is 88.3 Å². The van der Waals surface area contributed by atoms with Crippen molar-refractivity contribution in [2.24, 2.45) is 0 Å². The number of benzene rings is 1. The van der Waals surface area contributed by atoms with Crippen LogP contribution in [0.25, 0.3) is 5.69 Å². The van der Waals surface area contributed by atoms with Gasteiger partial charge in [-0.05, 0) is 31.9 Å². The van der Waals surface area contributed by atoms with Crippen molar-refractivity contribution in [1.29, 1.82) is 0 Å². The zero-order valence-electron chi connectivity index (χ0n) is 12.7. The zero-order chi connectivity index (χ0) is 17.4. The molecule has 0 radical (unpaired) electrons. The van der Waals surface area contributed by atoms with E-state index < -0.39 is 17.9 Å². The highest BCUT2D eigenvalue weighted by molar-refractivity contribution is 6.37. The monoisotopic (exact) mass is 368 g/mol. The molecule has 3 rings (SSSR count). The second kappa shape index (κ2) is 6.41. The van der Waals surface area contributed by atoms with Crippen molar-refractivity contribution in [3.63, 3.8) is 0 Å². The lowest BCUT2D eigenvalue weighted by molar-refractivity contribution is -0.141. The molecule has 2 aromatic rings. The Morgan fingerprint density at radius 1 is 1.29 bits per heavy atom. The molecule has 0 spiro atoms. The number of hydrogen-bond acceptors (Lipinski definition) is 4. The van der Waals surface area contributed by atoms with E-state index in [2.05, 4.69) is 10.1 Å². The van der Waals surface area contributed by atoms with E-state index in [0.29, 0.717) is 40.9 Å². The summed E-state index contributed by atoms with van der Waals surface area (Å²) in [5.41, 5.74) is 0.432. The Labute approximate surface area is 147 Å². The molecule has 0 bridgehead atoms. The van der Waals surface area contributed by atoms with Crippen molar-refractivity contribution in [2.45, 2.75) is 25.8 Å². The van der Waals surface area contributed by atoms with Gasteiger partial charge in [0.25, 0.3) is 5.91 Å². The van der Waals surface area contributed by atoms with Crippen molar-refractivity contribution in [3.05, 3.63) is 39.9 Å². The Morgan fingerprint density at radius 3 is 2.58 bits per heavy atom. The van der Waals surface area contributed by atoms with E-state index in [0.717, 1.165) is 0 Å². The highest BCUT2D eigenvalue weighted by Gasteiger charge is 2.36. The molecule has 1 aliphatic heterocycles. The fraction of sp³-hybridized carbons (Fsp3) is 0.333. The van der Waals surface area contributed by atoms with Gasteiger partial charge < -0.3 is 10.0 Å². The van der Waals surface area contributed by atoms with Crippen molar-refractivity contribution < 1.29 is 14.7 Å². The highest BCUT2D eigenvalue weighted by Crippen LogP contribution is 2.29. The molecule has 1 aromatic carbocycles. The predicted octanol–water partition coefficient (Wildman–Crippen LogP) is 2.57. The fourth-order valence-electron chi connectivity index (χ4n) is 2.78. The molecular weight excluding hydrogens is 355 g/mol. The van der Waals surface area contributed by atoms with Crippen LogP contribution in [-0.4, -0.2) is 49.2 Å². The molecule has 1 saturated heterocycles. The standard InChI is InChI=1S/C15H14Cl2N4O3/c1-8-18-13(14(22)20-7-3-6-11(20)15(23)24)19-21(8)12-9(16)4-2-5-10(12)17/h2,4-5,11H,3,6-7H2,1H3,(H,23,24)/t11-/m1/s1. The third-order valence-electron chi connectivity index (χ3n) is 3.91. The van der Waals surface area contributed by atoms with Crippen molar-refractivity contribution >= 4 is 35.1 Å². The minimum Gasteiger partial charge on any atom is -0.480 e. The average molecular weight is 369 g/mol. The highest BCUT2D eigenvalue weighted by atomic mass is 35.5. The molecule has 1 aromatic heterocycles. The molecule has 1 fully saturated rings. The summed E-state index contributed by atoms with van der Waals surface area (Å²) in [6.07, 6.45) is 1.07. The number of aryl methyl sites for hydroxylation is 1. The largest absolute Gasteiger partial charge is 0.480 e. The van der Waals surface area contributed by atoms with Gasteiger partial charge in [-0.25, -0.2) is 14.5 Å². The first kappa shape index (κ1) is 16.7. The molecule has 1 amide bonds. The Bertz CT molecular complexity index is 801. The van der Waals surface area contributed by atoms with E-state index in [1.165, 1.54) is 9.58 Å². The molecule has 9 heteroatoms. The lowest BCUT2D eigenvalue weighted by Crippen LogP contribution is -2.40. The minimum absolute atomic E-state index is 0.0726. The summed E-state index contributed by atoms with van der Waals surface area (Å²) in [7, 11) is 0. The summed E-state index contributed by atoms with van der Waals surface area (Å²) in [6, 6.07) is 4.18. The number of halogens is 2. The normalized spacial score (nSPS) is 17.3. The molecule has 7 nitrogen and oxygen atoms in total. The molecule has 0 aliphatic carbocycles. The van der Waals surface area contributed by atoms with Crippen LogP contribution < -0.4 is 0 Å². The third kappa shape index (κ3) is 2.85. The number of carboxylic acids is 1. The number of nitrogens with zero attached hydrogens (tertiary/aromatic N) is 4. The molecule has 2 heterocycles. The van der Waals surface area contributed by atoms with Gasteiger partial charge in [0.15, 0.2) is 0 Å². The average Bonchev–Trinajstić information content (AvgIpc) is 3.14. The summed E-state index contributed by atoms with van der Waals surface area (Å²) in [5.74, 6) is -1.17. The van der Waals surface area contributed by atoms with Gasteiger partial charge >= 0.3 is 5.97 Å². The molecule has 1 atom stereocenters. The predicted molar refractivity (Wildman–Crippen MR) is 87.8 cm³/mol. The van der Waals surface area contributed by atoms with Gasteiger partial charge in [0.1, 0.15) is 17.6 Å². The smallest absolute Gasteiger partial charge is 0.326 e. The van der Waals surface area contributed by atoms with Crippen LogP contribution in [0.2, 0.25) is 10.0 Å². The second-order valence-corrected chi connectivity index (χ2v) is 6.27. The van der Waals surface area contributed by atoms with Crippen LogP contribution in [0.15, 0.2) is 18.2 Å². The van der Waals surface area contributed by atoms with Crippen LogP contribution in [0.1, 0.15) is 29.3 Å². The molecule has 24 heavy (non-hydrogen) atoms. The number of para-hydroxylation sites is 1. The molecule has 0 unspecified atom stereocenters. The first-order valence-electron chi connectivity index (χ1n) is 7.32. The van der Waals surface area contributed by atoms with Crippen LogP contribution >= 0.6 is 23.2 Å². The molecule has 126 valence electrons. The van der Waals surface area contributed by atoms with Crippen molar-refractivity contribution in [1.82, 2.24) is 19.7 Å². The number of rotatable bonds is 3. The number of aliphatic carboxylic acids is 1. The number of carbonyl (C=O) groups is 2. The summed E-state index contributed by atoms with van der Waals surface area (Å²) in [6.45, 7) is 2.04. The lowest BCUT2D eigenvalue weighted by atomic mass is 10.2. The lowest BCUT2D eigenvalue weighted by Gasteiger charge is -2.19. The van der Waals surface area contributed by atoms with Crippen LogP contribution in [-0.2, 0) is 4.79 Å². The maximum atomic E-state index is 12.6. The van der Waals surface area contributed by atoms with E-state index in [1.54, 1.807) is 25.1 Å². The Morgan fingerprint density at radius 2 is 1.96 bits per heavy atom. The number of aromatic nitrogens is 3.